The molecule has 0 spiro atoms. The molecule has 0 saturated carbocycles. The largest absolute Gasteiger partial charge is 0.478 e. The van der Waals surface area contributed by atoms with E-state index in [9.17, 15) is 23.5 Å². The molecular formula is C33H39F2N7O4. The van der Waals surface area contributed by atoms with Crippen molar-refractivity contribution in [2.24, 2.45) is 17.4 Å². The van der Waals surface area contributed by atoms with Gasteiger partial charge >= 0.3 is 5.97 Å². The lowest BCUT2D eigenvalue weighted by Gasteiger charge is -2.14. The van der Waals surface area contributed by atoms with Crippen molar-refractivity contribution in [3.05, 3.63) is 131 Å². The van der Waals surface area contributed by atoms with E-state index in [1.54, 1.807) is 72.2 Å². The molecule has 3 aromatic carbocycles. The molecule has 5 rings (SSSR count). The van der Waals surface area contributed by atoms with E-state index in [-0.39, 0.29) is 40.7 Å². The molecule has 9 N–H and O–H groups in total. The van der Waals surface area contributed by atoms with Gasteiger partial charge in [-0.1, -0.05) is 37.3 Å². The fourth-order valence-electron chi connectivity index (χ4n) is 4.66. The van der Waals surface area contributed by atoms with E-state index in [2.05, 4.69) is 21.7 Å². The van der Waals surface area contributed by atoms with E-state index >= 15 is 0 Å². The number of carboxylic acid groups (broad SMARTS) is 1. The zero-order valence-electron chi connectivity index (χ0n) is 26.0. The Morgan fingerprint density at radius 3 is 1.65 bits per heavy atom. The number of imidazole rings is 2. The second kappa shape index (κ2) is 16.8. The Labute approximate surface area is 265 Å². The molecule has 13 heteroatoms. The van der Waals surface area contributed by atoms with Crippen LogP contribution in [0, 0.1) is 25.5 Å². The Balaban J connectivity index is 0.000000331. The number of ketones is 1. The third kappa shape index (κ3) is 9.22. The summed E-state index contributed by atoms with van der Waals surface area (Å²) in [6.45, 7) is 7.26. The molecule has 0 saturated heterocycles. The highest BCUT2D eigenvalue weighted by Crippen LogP contribution is 2.27. The Morgan fingerprint density at radius 1 is 0.804 bits per heavy atom. The summed E-state index contributed by atoms with van der Waals surface area (Å²) in [7, 11) is 0. The normalized spacial score (nSPS) is 11.6. The Morgan fingerprint density at radius 2 is 1.26 bits per heavy atom. The Bertz CT molecular complexity index is 1770. The van der Waals surface area contributed by atoms with Crippen molar-refractivity contribution in [2.45, 2.75) is 46.1 Å². The molecule has 0 aliphatic rings. The number of aromatic carboxylic acids is 1. The fraction of sp³-hybridized carbons (Fsp3) is 0.212. The maximum atomic E-state index is 14.6. The molecular weight excluding hydrogens is 596 g/mol. The molecule has 2 unspecified atom stereocenters. The monoisotopic (exact) mass is 635 g/mol. The van der Waals surface area contributed by atoms with Crippen molar-refractivity contribution in [2.75, 3.05) is 0 Å². The molecule has 2 atom stereocenters. The minimum absolute atomic E-state index is 0. The van der Waals surface area contributed by atoms with Gasteiger partial charge in [0.15, 0.2) is 5.78 Å². The number of aryl methyl sites for hydroxylation is 2. The topological polar surface area (TPSA) is 200 Å². The van der Waals surface area contributed by atoms with Gasteiger partial charge in [-0.3, -0.25) is 16.5 Å². The van der Waals surface area contributed by atoms with E-state index in [0.717, 1.165) is 17.1 Å². The van der Waals surface area contributed by atoms with Crippen LogP contribution >= 0.6 is 0 Å². The molecule has 11 nitrogen and oxygen atoms in total. The lowest BCUT2D eigenvalue weighted by molar-refractivity contribution is 0.0691. The first-order valence-corrected chi connectivity index (χ1v) is 14.0. The van der Waals surface area contributed by atoms with Crippen LogP contribution in [0.3, 0.4) is 0 Å². The number of nitrogens with two attached hydrogens (primary N) is 3. The van der Waals surface area contributed by atoms with Gasteiger partial charge in [-0.05, 0) is 62.6 Å². The number of aromatic nitrogens is 4. The summed E-state index contributed by atoms with van der Waals surface area (Å²) in [6, 6.07) is 15.6. The molecule has 0 radical (unpaired) electrons. The number of Topliss-reactive ketones (excluding diaryl/α,β-unsaturated/α-hetero) is 1. The van der Waals surface area contributed by atoms with Crippen molar-refractivity contribution in [3.8, 4) is 11.4 Å². The highest BCUT2D eigenvalue weighted by Gasteiger charge is 2.21. The number of hydrazine groups is 1. The van der Waals surface area contributed by atoms with E-state index in [0.29, 0.717) is 16.8 Å². The summed E-state index contributed by atoms with van der Waals surface area (Å²) in [5.41, 5.74) is 9.82. The summed E-state index contributed by atoms with van der Waals surface area (Å²) in [5, 5.41) is 9.23. The van der Waals surface area contributed by atoms with Gasteiger partial charge in [0.2, 0.25) is 0 Å². The summed E-state index contributed by atoms with van der Waals surface area (Å²) in [4.78, 5) is 32.1. The van der Waals surface area contributed by atoms with Crippen LogP contribution in [0.2, 0.25) is 0 Å². The van der Waals surface area contributed by atoms with Gasteiger partial charge < -0.3 is 25.5 Å². The molecule has 0 bridgehead atoms. The van der Waals surface area contributed by atoms with E-state index in [1.807, 2.05) is 26.1 Å². The van der Waals surface area contributed by atoms with Crippen LogP contribution in [-0.4, -0.2) is 41.4 Å². The van der Waals surface area contributed by atoms with Gasteiger partial charge in [-0.15, -0.1) is 0 Å². The van der Waals surface area contributed by atoms with Crippen LogP contribution in [0.15, 0.2) is 85.7 Å². The molecule has 0 fully saturated rings. The molecule has 0 amide bonds. The molecule has 244 valence electrons. The van der Waals surface area contributed by atoms with Gasteiger partial charge in [0.25, 0.3) is 0 Å². The van der Waals surface area contributed by atoms with E-state index < -0.39 is 17.7 Å². The first-order valence-electron chi connectivity index (χ1n) is 14.0. The van der Waals surface area contributed by atoms with Crippen LogP contribution in [0.5, 0.6) is 0 Å². The van der Waals surface area contributed by atoms with Crippen molar-refractivity contribution >= 4 is 11.8 Å². The number of halogens is 2. The smallest absolute Gasteiger partial charge is 0.336 e. The van der Waals surface area contributed by atoms with Crippen LogP contribution in [0.25, 0.3) is 11.4 Å². The lowest BCUT2D eigenvalue weighted by Crippen LogP contribution is -2.11. The SMILES string of the molecule is Cc1cn(-c2ccc(C(C)CC(=O)c3ccccc3C(=O)O)c(F)c2)cn1.Cc1cn(-c2ccc(C(C)N)c(F)c2)cn1.NN.O. The van der Waals surface area contributed by atoms with Crippen LogP contribution in [0.4, 0.5) is 8.78 Å². The van der Waals surface area contributed by atoms with Gasteiger partial charge in [0.05, 0.1) is 29.6 Å². The summed E-state index contributed by atoms with van der Waals surface area (Å²) in [5.74, 6) is 5.44. The maximum absolute atomic E-state index is 14.6. The molecule has 0 aliphatic heterocycles. The highest BCUT2D eigenvalue weighted by atomic mass is 19.1. The number of rotatable bonds is 8. The zero-order chi connectivity index (χ0) is 33.3. The minimum Gasteiger partial charge on any atom is -0.478 e. The predicted octanol–water partition coefficient (Wildman–Crippen LogP) is 4.73. The maximum Gasteiger partial charge on any atom is 0.336 e. The number of benzene rings is 3. The summed E-state index contributed by atoms with van der Waals surface area (Å²) < 4.78 is 31.8. The quantitative estimate of drug-likeness (QED) is 0.106. The van der Waals surface area contributed by atoms with Crippen LogP contribution in [-0.2, 0) is 0 Å². The Hall–Kier alpha value is -5.08. The number of carbonyl (C=O) groups is 2. The molecule has 5 aromatic rings. The first kappa shape index (κ1) is 37.1. The number of hydrogen-bond acceptors (Lipinski definition) is 7. The second-order valence-corrected chi connectivity index (χ2v) is 10.4. The molecule has 2 heterocycles. The van der Waals surface area contributed by atoms with Crippen LogP contribution in [0.1, 0.15) is 75.5 Å². The van der Waals surface area contributed by atoms with E-state index in [4.69, 9.17) is 5.73 Å². The molecule has 0 aliphatic carbocycles. The molecule has 46 heavy (non-hydrogen) atoms. The first-order chi connectivity index (χ1) is 21.4. The standard InChI is InChI=1S/C21H19FN2O3.C12H14FN3.H4N2.H2O/c1-13(9-20(25)17-5-3-4-6-18(17)21(26)27)16-8-7-15(10-19(16)22)24-11-14(2)23-12-24;1-8-6-16(7-15-8)10-3-4-11(9(2)14)12(13)5-10;1-2;/h3-8,10-13H,9H2,1-2H3,(H,26,27);3-7,9H,14H2,1-2H3;1-2H2;1H2. The number of nitrogens with zero attached hydrogens (tertiary/aromatic N) is 4. The van der Waals surface area contributed by atoms with Crippen LogP contribution < -0.4 is 17.4 Å². The van der Waals surface area contributed by atoms with Crippen molar-refractivity contribution in [1.82, 2.24) is 19.1 Å². The van der Waals surface area contributed by atoms with Crippen molar-refractivity contribution in [1.29, 1.82) is 0 Å². The fourth-order valence-corrected chi connectivity index (χ4v) is 4.66. The highest BCUT2D eigenvalue weighted by molar-refractivity contribution is 6.06. The minimum atomic E-state index is -1.15. The number of hydrogen-bond donors (Lipinski definition) is 4. The number of carboxylic acids is 1. The average molecular weight is 636 g/mol. The summed E-state index contributed by atoms with van der Waals surface area (Å²) >= 11 is 0. The zero-order valence-corrected chi connectivity index (χ0v) is 26.0. The van der Waals surface area contributed by atoms with Crippen molar-refractivity contribution in [3.63, 3.8) is 0 Å². The van der Waals surface area contributed by atoms with Gasteiger partial charge in [-0.25, -0.2) is 23.5 Å². The van der Waals surface area contributed by atoms with Gasteiger partial charge in [0, 0.05) is 47.4 Å². The number of carbonyl (C=O) groups excluding carboxylic acids is 1. The molecule has 2 aromatic heterocycles. The summed E-state index contributed by atoms with van der Waals surface area (Å²) in [6.07, 6.45) is 6.94. The second-order valence-electron chi connectivity index (χ2n) is 10.4. The van der Waals surface area contributed by atoms with E-state index in [1.165, 1.54) is 24.3 Å². The van der Waals surface area contributed by atoms with Crippen molar-refractivity contribution < 1.29 is 29.0 Å². The average Bonchev–Trinajstić information content (AvgIpc) is 3.66. The third-order valence-corrected chi connectivity index (χ3v) is 6.96. The predicted molar refractivity (Wildman–Crippen MR) is 172 cm³/mol. The van der Waals surface area contributed by atoms with Gasteiger partial charge in [-0.2, -0.15) is 0 Å². The Kier molecular flexibility index (Phi) is 13.6. The lowest BCUT2D eigenvalue weighted by atomic mass is 9.91. The van der Waals surface area contributed by atoms with Gasteiger partial charge in [0.1, 0.15) is 11.6 Å². The third-order valence-electron chi connectivity index (χ3n) is 6.96.